The van der Waals surface area contributed by atoms with Gasteiger partial charge in [0.25, 0.3) is 0 Å². The van der Waals surface area contributed by atoms with Gasteiger partial charge in [0.15, 0.2) is 5.96 Å². The van der Waals surface area contributed by atoms with Gasteiger partial charge in [-0.1, -0.05) is 6.92 Å². The van der Waals surface area contributed by atoms with Gasteiger partial charge in [0.05, 0.1) is 6.61 Å². The van der Waals surface area contributed by atoms with Gasteiger partial charge in [0, 0.05) is 44.7 Å². The minimum absolute atomic E-state index is 0.400. The number of rotatable bonds is 5. The molecule has 5 heteroatoms. The number of guanidine groups is 1. The lowest BCUT2D eigenvalue weighted by molar-refractivity contribution is 0.156. The largest absolute Gasteiger partial charge is 0.381 e. The lowest BCUT2D eigenvalue weighted by atomic mass is 9.87. The lowest BCUT2D eigenvalue weighted by Gasteiger charge is -2.25. The summed E-state index contributed by atoms with van der Waals surface area (Å²) >= 11 is 0. The molecule has 1 N–H and O–H groups in total. The highest BCUT2D eigenvalue weighted by Gasteiger charge is 2.42. The van der Waals surface area contributed by atoms with Crippen LogP contribution in [0.3, 0.4) is 0 Å². The van der Waals surface area contributed by atoms with Gasteiger partial charge in [-0.05, 0) is 51.6 Å². The third-order valence-electron chi connectivity index (χ3n) is 5.58. The molecule has 0 aromatic rings. The second-order valence-electron chi connectivity index (χ2n) is 7.78. The van der Waals surface area contributed by atoms with Crippen molar-refractivity contribution in [2.24, 2.45) is 16.3 Å². The first-order chi connectivity index (χ1) is 11.2. The van der Waals surface area contributed by atoms with Gasteiger partial charge < -0.3 is 19.9 Å². The van der Waals surface area contributed by atoms with Gasteiger partial charge in [-0.15, -0.1) is 0 Å². The van der Waals surface area contributed by atoms with Gasteiger partial charge in [-0.2, -0.15) is 0 Å². The Morgan fingerprint density at radius 2 is 2.09 bits per heavy atom. The molecule has 0 aromatic heterocycles. The van der Waals surface area contributed by atoms with Crippen molar-refractivity contribution < 1.29 is 4.74 Å². The molecular formula is C18H34N4O. The van der Waals surface area contributed by atoms with Gasteiger partial charge in [-0.3, -0.25) is 4.99 Å². The summed E-state index contributed by atoms with van der Waals surface area (Å²) in [4.78, 5) is 10.0. The molecule has 0 bridgehead atoms. The van der Waals surface area contributed by atoms with E-state index in [9.17, 15) is 0 Å². The van der Waals surface area contributed by atoms with Crippen molar-refractivity contribution in [1.29, 1.82) is 0 Å². The van der Waals surface area contributed by atoms with E-state index in [1.165, 1.54) is 45.3 Å². The Morgan fingerprint density at radius 3 is 2.78 bits per heavy atom. The van der Waals surface area contributed by atoms with Crippen molar-refractivity contribution >= 4 is 5.96 Å². The molecular weight excluding hydrogens is 288 g/mol. The summed E-state index contributed by atoms with van der Waals surface area (Å²) in [6, 6.07) is 0. The Bertz CT molecular complexity index is 400. The molecule has 0 amide bonds. The summed E-state index contributed by atoms with van der Waals surface area (Å²) in [6.07, 6.45) is 5.21. The quantitative estimate of drug-likeness (QED) is 0.619. The molecule has 3 aliphatic rings. The number of nitrogens with zero attached hydrogens (tertiary/aromatic N) is 3. The van der Waals surface area contributed by atoms with Gasteiger partial charge in [-0.25, -0.2) is 0 Å². The molecule has 3 saturated heterocycles. The zero-order valence-electron chi connectivity index (χ0n) is 15.0. The Morgan fingerprint density at radius 1 is 1.26 bits per heavy atom. The van der Waals surface area contributed by atoms with Crippen LogP contribution in [0.4, 0.5) is 0 Å². The standard InChI is InChI=1S/C18H34N4O/c1-3-19-17(20-12-16(2)13-21-8-4-5-9-21)22-10-6-18(14-22)7-11-23-15-18/h16H,3-15H2,1-2H3,(H,19,20). The van der Waals surface area contributed by atoms with Crippen molar-refractivity contribution in [3.8, 4) is 0 Å². The van der Waals surface area contributed by atoms with E-state index in [1.807, 2.05) is 0 Å². The number of hydrogen-bond acceptors (Lipinski definition) is 3. The first-order valence-electron chi connectivity index (χ1n) is 9.54. The maximum Gasteiger partial charge on any atom is 0.193 e. The predicted octanol–water partition coefficient (Wildman–Crippen LogP) is 1.80. The first-order valence-corrected chi connectivity index (χ1v) is 9.54. The summed E-state index contributed by atoms with van der Waals surface area (Å²) in [5.74, 6) is 1.75. The average Bonchev–Trinajstić information content (AvgIpc) is 3.28. The number of ether oxygens (including phenoxy) is 1. The number of aliphatic imine (C=N–C) groups is 1. The van der Waals surface area contributed by atoms with Crippen molar-refractivity contribution in [1.82, 2.24) is 15.1 Å². The molecule has 0 aromatic carbocycles. The van der Waals surface area contributed by atoms with Crippen LogP contribution in [0.25, 0.3) is 0 Å². The molecule has 3 heterocycles. The summed E-state index contributed by atoms with van der Waals surface area (Å²) in [6.45, 7) is 14.2. The van der Waals surface area contributed by atoms with Gasteiger partial charge >= 0.3 is 0 Å². The second-order valence-corrected chi connectivity index (χ2v) is 7.78. The van der Waals surface area contributed by atoms with Crippen LogP contribution >= 0.6 is 0 Å². The van der Waals surface area contributed by atoms with E-state index in [-0.39, 0.29) is 0 Å². The molecule has 3 rings (SSSR count). The summed E-state index contributed by atoms with van der Waals surface area (Å²) in [5, 5.41) is 3.50. The Kier molecular flexibility index (Phi) is 5.81. The smallest absolute Gasteiger partial charge is 0.193 e. The third-order valence-corrected chi connectivity index (χ3v) is 5.58. The van der Waals surface area contributed by atoms with Crippen LogP contribution in [0.2, 0.25) is 0 Å². The molecule has 0 radical (unpaired) electrons. The molecule has 2 atom stereocenters. The van der Waals surface area contributed by atoms with Gasteiger partial charge in [0.1, 0.15) is 0 Å². The van der Waals surface area contributed by atoms with Crippen LogP contribution in [0.5, 0.6) is 0 Å². The van der Waals surface area contributed by atoms with Gasteiger partial charge in [0.2, 0.25) is 0 Å². The van der Waals surface area contributed by atoms with Crippen LogP contribution in [0, 0.1) is 11.3 Å². The number of likely N-dealkylation sites (tertiary alicyclic amines) is 2. The molecule has 5 nitrogen and oxygen atoms in total. The molecule has 2 unspecified atom stereocenters. The highest BCUT2D eigenvalue weighted by molar-refractivity contribution is 5.80. The monoisotopic (exact) mass is 322 g/mol. The van der Waals surface area contributed by atoms with E-state index in [0.717, 1.165) is 45.4 Å². The average molecular weight is 322 g/mol. The number of nitrogens with one attached hydrogen (secondary N) is 1. The molecule has 23 heavy (non-hydrogen) atoms. The minimum Gasteiger partial charge on any atom is -0.381 e. The summed E-state index contributed by atoms with van der Waals surface area (Å²) in [7, 11) is 0. The van der Waals surface area contributed by atoms with E-state index >= 15 is 0 Å². The van der Waals surface area contributed by atoms with E-state index in [2.05, 4.69) is 29.0 Å². The van der Waals surface area contributed by atoms with Crippen LogP contribution in [-0.4, -0.2) is 74.8 Å². The third kappa shape index (κ3) is 4.38. The highest BCUT2D eigenvalue weighted by atomic mass is 16.5. The minimum atomic E-state index is 0.400. The molecule has 0 saturated carbocycles. The van der Waals surface area contributed by atoms with Crippen molar-refractivity contribution in [2.75, 3.05) is 59.0 Å². The fraction of sp³-hybridized carbons (Fsp3) is 0.944. The van der Waals surface area contributed by atoms with Crippen LogP contribution in [0.15, 0.2) is 4.99 Å². The fourth-order valence-corrected chi connectivity index (χ4v) is 4.22. The van der Waals surface area contributed by atoms with E-state index in [0.29, 0.717) is 11.3 Å². The zero-order valence-corrected chi connectivity index (χ0v) is 15.0. The highest BCUT2D eigenvalue weighted by Crippen LogP contribution is 2.38. The van der Waals surface area contributed by atoms with Crippen LogP contribution in [0.1, 0.15) is 39.5 Å². The number of hydrogen-bond donors (Lipinski definition) is 1. The zero-order chi connectivity index (χ0) is 16.1. The van der Waals surface area contributed by atoms with E-state index < -0.39 is 0 Å². The van der Waals surface area contributed by atoms with E-state index in [4.69, 9.17) is 9.73 Å². The molecule has 132 valence electrons. The first kappa shape index (κ1) is 17.0. The summed E-state index contributed by atoms with van der Waals surface area (Å²) in [5.41, 5.74) is 0.400. The molecule has 3 fully saturated rings. The van der Waals surface area contributed by atoms with Crippen molar-refractivity contribution in [3.63, 3.8) is 0 Å². The molecule has 0 aliphatic carbocycles. The maximum atomic E-state index is 5.65. The topological polar surface area (TPSA) is 40.1 Å². The second kappa shape index (κ2) is 7.84. The Balaban J connectivity index is 1.52. The molecule has 1 spiro atoms. The van der Waals surface area contributed by atoms with Crippen molar-refractivity contribution in [2.45, 2.75) is 39.5 Å². The predicted molar refractivity (Wildman–Crippen MR) is 94.9 cm³/mol. The maximum absolute atomic E-state index is 5.65. The van der Waals surface area contributed by atoms with E-state index in [1.54, 1.807) is 0 Å². The Hall–Kier alpha value is -0.810. The Labute approximate surface area is 141 Å². The SMILES string of the molecule is CCNC(=NCC(C)CN1CCCC1)N1CCC2(CCOC2)C1. The fourth-order valence-electron chi connectivity index (χ4n) is 4.22. The van der Waals surface area contributed by atoms with Crippen LogP contribution < -0.4 is 5.32 Å². The lowest BCUT2D eigenvalue weighted by Crippen LogP contribution is -2.42. The van der Waals surface area contributed by atoms with Crippen LogP contribution in [-0.2, 0) is 4.74 Å². The summed E-state index contributed by atoms with van der Waals surface area (Å²) < 4.78 is 5.65. The van der Waals surface area contributed by atoms with Crippen molar-refractivity contribution in [3.05, 3.63) is 0 Å². The molecule has 3 aliphatic heterocycles. The normalized spacial score (nSPS) is 30.5.